The molecular formula is C47H94N12O14. The zero-order chi connectivity index (χ0) is 58.1. The molecule has 0 atom stereocenters. The second kappa shape index (κ2) is 52.2. The highest BCUT2D eigenvalue weighted by Crippen LogP contribution is 2.03. The molecule has 0 bridgehead atoms. The molecular weight excluding hydrogens is 957 g/mol. The molecule has 0 aromatic rings. The van der Waals surface area contributed by atoms with E-state index in [4.69, 9.17) is 0 Å². The summed E-state index contributed by atoms with van der Waals surface area (Å²) in [5.74, 6) is -7.56. The molecule has 0 rings (SSSR count). The molecule has 0 aromatic heterocycles. The Morgan fingerprint density at radius 3 is 1.08 bits per heavy atom. The van der Waals surface area contributed by atoms with Crippen LogP contribution in [0.25, 0.3) is 0 Å². The van der Waals surface area contributed by atoms with Gasteiger partial charge in [-0.3, -0.25) is 47.9 Å². The molecule has 8 amide bonds. The van der Waals surface area contributed by atoms with Gasteiger partial charge in [0, 0.05) is 74.8 Å². The molecule has 0 aliphatic rings. The monoisotopic (exact) mass is 1050 g/mol. The van der Waals surface area contributed by atoms with Crippen molar-refractivity contribution < 1.29 is 67.0 Å². The number of hydrogen-bond acceptors (Lipinski definition) is 18. The van der Waals surface area contributed by atoms with Gasteiger partial charge in [0.2, 0.25) is 11.6 Å². The van der Waals surface area contributed by atoms with Crippen molar-refractivity contribution in [3.05, 3.63) is 0 Å². The fourth-order valence-corrected chi connectivity index (χ4v) is 4.49. The Balaban J connectivity index is -0.000000189. The fraction of sp³-hybridized carbons (Fsp3) is 0.745. The van der Waals surface area contributed by atoms with E-state index in [0.29, 0.717) is 32.5 Å². The summed E-state index contributed by atoms with van der Waals surface area (Å²) in [4.78, 5) is 138. The summed E-state index contributed by atoms with van der Waals surface area (Å²) in [5, 5.41) is 10.7. The van der Waals surface area contributed by atoms with Gasteiger partial charge >= 0.3 is 47.4 Å². The van der Waals surface area contributed by atoms with Crippen molar-refractivity contribution in [3.63, 3.8) is 0 Å². The molecule has 26 nitrogen and oxygen atoms in total. The van der Waals surface area contributed by atoms with Crippen LogP contribution < -0.4 is 32.7 Å². The van der Waals surface area contributed by atoms with Crippen LogP contribution in [0.5, 0.6) is 0 Å². The van der Waals surface area contributed by atoms with E-state index in [1.54, 1.807) is 6.92 Å². The minimum absolute atomic E-state index is 0.235. The molecule has 0 saturated heterocycles. The van der Waals surface area contributed by atoms with Crippen molar-refractivity contribution in [1.82, 2.24) is 50.7 Å². The predicted molar refractivity (Wildman–Crippen MR) is 278 cm³/mol. The first-order valence-electron chi connectivity index (χ1n) is 23.9. The van der Waals surface area contributed by atoms with Gasteiger partial charge < -0.3 is 71.6 Å². The molecule has 0 aliphatic heterocycles. The molecule has 0 spiro atoms. The molecule has 73 heavy (non-hydrogen) atoms. The maximum Gasteiger partial charge on any atom is 0.396 e. The van der Waals surface area contributed by atoms with E-state index in [1.165, 1.54) is 54.3 Å². The topological polar surface area (TPSA) is 343 Å². The number of Topliss-reactive ketones (excluding diaryl/α,β-unsaturated/α-hetero) is 2. The molecule has 0 radical (unpaired) electrons. The summed E-state index contributed by atoms with van der Waals surface area (Å²) < 4.78 is 8.66. The van der Waals surface area contributed by atoms with Crippen LogP contribution >= 0.6 is 0 Å². The minimum atomic E-state index is -0.921. The van der Waals surface area contributed by atoms with Gasteiger partial charge in [-0.1, -0.05) is 26.2 Å². The summed E-state index contributed by atoms with van der Waals surface area (Å²) in [5.41, 5.74) is 9.21. The van der Waals surface area contributed by atoms with E-state index in [1.807, 2.05) is 54.2 Å². The number of nitrogens with two attached hydrogens (primary N) is 2. The first-order valence-corrected chi connectivity index (χ1v) is 23.9. The number of nitrogens with one attached hydrogen (secondary N) is 4. The number of methoxy groups -OCH3 is 1. The highest BCUT2D eigenvalue weighted by molar-refractivity contribution is 6.37. The lowest BCUT2D eigenvalue weighted by Crippen LogP contribution is -2.34. The van der Waals surface area contributed by atoms with Gasteiger partial charge in [-0.05, 0) is 121 Å². The van der Waals surface area contributed by atoms with Crippen LogP contribution in [-0.4, -0.2) is 251 Å². The van der Waals surface area contributed by atoms with Crippen molar-refractivity contribution in [2.24, 2.45) is 11.5 Å². The van der Waals surface area contributed by atoms with Crippen LogP contribution in [0.2, 0.25) is 0 Å². The largest absolute Gasteiger partial charge is 0.462 e. The highest BCUT2D eigenvalue weighted by Gasteiger charge is 2.16. The third-order valence-electron chi connectivity index (χ3n) is 8.51. The van der Waals surface area contributed by atoms with Gasteiger partial charge in [0.25, 0.3) is 11.8 Å². The van der Waals surface area contributed by atoms with Crippen LogP contribution in [0.3, 0.4) is 0 Å². The Bertz CT molecular complexity index is 1530. The Labute approximate surface area is 434 Å². The number of nitrogens with zero attached hydrogens (tertiary/aromatic N) is 6. The summed E-state index contributed by atoms with van der Waals surface area (Å²) in [6, 6.07) is 0. The predicted octanol–water partition coefficient (Wildman–Crippen LogP) is -2.41. The lowest BCUT2D eigenvalue weighted by Gasteiger charge is -2.10. The summed E-state index contributed by atoms with van der Waals surface area (Å²) in [6.45, 7) is 9.24. The standard InChI is InChI=1S/C13H27N3O2.C12H24N2O2.C8H16N2O3.C6H11NO3.2C4H8N2O2/c1-15(2)10-6-5-8-12(17)13(18)14-9-7-11-16(3)4;1-3-4-5-6-8-11(15)12(16)14-10-7-9-13-2;1-10(2)6-4-5-9-7(11)8(12)13-3;1-4-10-6(9)5(8)7(2)3;2*1-6(2)4(8)3(5)7/h5-11H2,1-4H3,(H,14,18);13H,3-10H2,1-2H3,(H,14,16);4-6H2,1-3H3,(H,9,11);4H2,1-3H3;2*1-2H3,(H2,5,7). The average molecular weight is 1050 g/mol. The first kappa shape index (κ1) is 78.3. The Hall–Kier alpha value is -6.12. The minimum Gasteiger partial charge on any atom is -0.462 e. The van der Waals surface area contributed by atoms with Gasteiger partial charge in [-0.25, -0.2) is 9.59 Å². The van der Waals surface area contributed by atoms with Gasteiger partial charge in [-0.15, -0.1) is 0 Å². The second-order valence-corrected chi connectivity index (χ2v) is 17.0. The van der Waals surface area contributed by atoms with E-state index < -0.39 is 59.2 Å². The summed E-state index contributed by atoms with van der Waals surface area (Å²) in [7, 11) is 23.8. The average Bonchev–Trinajstić information content (AvgIpc) is 3.32. The van der Waals surface area contributed by atoms with Gasteiger partial charge in [0.05, 0.1) is 13.7 Å². The van der Waals surface area contributed by atoms with E-state index in [0.717, 1.165) is 93.8 Å². The summed E-state index contributed by atoms with van der Waals surface area (Å²) >= 11 is 0. The first-order chi connectivity index (χ1) is 33.9. The zero-order valence-corrected chi connectivity index (χ0v) is 47.0. The quantitative estimate of drug-likeness (QED) is 0.0315. The molecule has 0 aromatic carbocycles. The van der Waals surface area contributed by atoms with Crippen molar-refractivity contribution in [2.75, 3.05) is 151 Å². The van der Waals surface area contributed by atoms with Crippen molar-refractivity contribution in [2.45, 2.75) is 84.5 Å². The van der Waals surface area contributed by atoms with E-state index in [2.05, 4.69) is 58.9 Å². The molecule has 0 unspecified atom stereocenters. The maximum absolute atomic E-state index is 11.5. The van der Waals surface area contributed by atoms with E-state index in [-0.39, 0.29) is 18.2 Å². The lowest BCUT2D eigenvalue weighted by atomic mass is 10.1. The number of carbonyl (C=O) groups excluding carboxylic acids is 12. The number of esters is 2. The number of ether oxygens (including phenoxy) is 2. The van der Waals surface area contributed by atoms with Crippen LogP contribution in [0.4, 0.5) is 0 Å². The number of likely N-dealkylation sites (N-methyl/N-ethyl adjacent to an activating group) is 3. The van der Waals surface area contributed by atoms with Crippen LogP contribution in [0.1, 0.15) is 84.5 Å². The molecule has 8 N–H and O–H groups in total. The van der Waals surface area contributed by atoms with Gasteiger partial charge in [0.1, 0.15) is 0 Å². The number of hydrogen-bond donors (Lipinski definition) is 6. The molecule has 426 valence electrons. The van der Waals surface area contributed by atoms with Crippen LogP contribution in [0, 0.1) is 0 Å². The Kier molecular flexibility index (Phi) is 56.0. The molecule has 0 fully saturated rings. The molecule has 0 saturated carbocycles. The summed E-state index contributed by atoms with van der Waals surface area (Å²) in [6.07, 6.45) is 9.15. The Morgan fingerprint density at radius 1 is 0.425 bits per heavy atom. The number of primary amides is 2. The normalized spacial score (nSPS) is 9.68. The van der Waals surface area contributed by atoms with Crippen molar-refractivity contribution >= 4 is 70.8 Å². The van der Waals surface area contributed by atoms with Gasteiger partial charge in [0.15, 0.2) is 0 Å². The fourth-order valence-electron chi connectivity index (χ4n) is 4.49. The van der Waals surface area contributed by atoms with Crippen molar-refractivity contribution in [3.8, 4) is 0 Å². The number of unbranched alkanes of at least 4 members (excludes halogenated alkanes) is 4. The van der Waals surface area contributed by atoms with E-state index >= 15 is 0 Å². The smallest absolute Gasteiger partial charge is 0.396 e. The van der Waals surface area contributed by atoms with E-state index in [9.17, 15) is 57.5 Å². The van der Waals surface area contributed by atoms with Crippen molar-refractivity contribution in [1.29, 1.82) is 0 Å². The lowest BCUT2D eigenvalue weighted by molar-refractivity contribution is -0.158. The SMILES string of the molecule is CCCCCCC(=O)C(=O)NCCCNC.CCOC(=O)C(=O)N(C)C.CN(C)C(=O)C(N)=O.CN(C)C(=O)C(N)=O.CN(C)CCCCC(=O)C(=O)NCCCN(C)C.COC(=O)C(=O)NCCCN(C)C. The molecule has 26 heteroatoms. The molecule has 0 aliphatic carbocycles. The number of amides is 8. The zero-order valence-electron chi connectivity index (χ0n) is 47.0. The van der Waals surface area contributed by atoms with Gasteiger partial charge in [-0.2, -0.15) is 0 Å². The number of ketones is 2. The number of carbonyl (C=O) groups is 12. The third kappa shape index (κ3) is 58.3. The number of rotatable bonds is 25. The maximum atomic E-state index is 11.5. The highest BCUT2D eigenvalue weighted by atomic mass is 16.5. The third-order valence-corrected chi connectivity index (χ3v) is 8.51. The molecule has 0 heterocycles. The second-order valence-electron chi connectivity index (χ2n) is 17.0. The Morgan fingerprint density at radius 2 is 0.781 bits per heavy atom. The van der Waals surface area contributed by atoms with Crippen LogP contribution in [-0.2, 0) is 67.0 Å². The van der Waals surface area contributed by atoms with Crippen LogP contribution in [0.15, 0.2) is 0 Å².